The van der Waals surface area contributed by atoms with Gasteiger partial charge in [0, 0.05) is 9.32 Å². The van der Waals surface area contributed by atoms with Gasteiger partial charge in [-0.1, -0.05) is 23.9 Å². The van der Waals surface area contributed by atoms with Crippen LogP contribution < -0.4 is 10.6 Å². The number of aliphatic imine (C=N–C) groups is 1. The molecule has 0 spiro atoms. The van der Waals surface area contributed by atoms with E-state index in [0.717, 1.165) is 15.9 Å². The molecule has 0 unspecified atom stereocenters. The van der Waals surface area contributed by atoms with Crippen molar-refractivity contribution in [2.24, 2.45) is 4.99 Å². The van der Waals surface area contributed by atoms with Gasteiger partial charge in [0.1, 0.15) is 0 Å². The summed E-state index contributed by atoms with van der Waals surface area (Å²) < 4.78 is 0.855. The molecule has 100 valence electrons. The van der Waals surface area contributed by atoms with Crippen LogP contribution in [0, 0.1) is 3.57 Å². The molecule has 1 aliphatic rings. The first-order chi connectivity index (χ1) is 9.16. The lowest BCUT2D eigenvalue weighted by molar-refractivity contribution is -0.118. The van der Waals surface area contributed by atoms with Gasteiger partial charge in [-0.15, -0.1) is 0 Å². The quantitative estimate of drug-likeness (QED) is 0.765. The van der Waals surface area contributed by atoms with E-state index in [9.17, 15) is 9.59 Å². The molecule has 19 heavy (non-hydrogen) atoms. The lowest BCUT2D eigenvalue weighted by Crippen LogP contribution is -2.38. The Labute approximate surface area is 128 Å². The fourth-order valence-electron chi connectivity index (χ4n) is 1.48. The third kappa shape index (κ3) is 4.20. The number of amides is 2. The van der Waals surface area contributed by atoms with E-state index < -0.39 is 0 Å². The summed E-state index contributed by atoms with van der Waals surface area (Å²) in [6.45, 7) is 0.679. The van der Waals surface area contributed by atoms with E-state index in [-0.39, 0.29) is 18.4 Å². The zero-order valence-corrected chi connectivity index (χ0v) is 13.0. The molecule has 0 atom stereocenters. The molecule has 0 saturated heterocycles. The van der Waals surface area contributed by atoms with Gasteiger partial charge in [-0.2, -0.15) is 0 Å². The smallest absolute Gasteiger partial charge is 0.252 e. The summed E-state index contributed by atoms with van der Waals surface area (Å²) in [5.41, 5.74) is 0.573. The van der Waals surface area contributed by atoms with E-state index in [1.807, 2.05) is 12.1 Å². The lowest BCUT2D eigenvalue weighted by atomic mass is 10.2. The maximum atomic E-state index is 11.9. The molecule has 0 bridgehead atoms. The Balaban J connectivity index is 1.83. The van der Waals surface area contributed by atoms with Crippen molar-refractivity contribution in [3.05, 3.63) is 33.4 Å². The van der Waals surface area contributed by atoms with Crippen LogP contribution in [0.15, 0.2) is 29.3 Å². The Hall–Kier alpha value is -1.09. The highest BCUT2D eigenvalue weighted by atomic mass is 127. The Bertz CT molecular complexity index is 533. The second-order valence-electron chi connectivity index (χ2n) is 3.75. The van der Waals surface area contributed by atoms with Crippen molar-refractivity contribution in [1.82, 2.24) is 10.6 Å². The lowest BCUT2D eigenvalue weighted by Gasteiger charge is -2.07. The molecule has 0 radical (unpaired) electrons. The zero-order chi connectivity index (χ0) is 13.7. The van der Waals surface area contributed by atoms with Gasteiger partial charge in [-0.3, -0.25) is 14.6 Å². The summed E-state index contributed by atoms with van der Waals surface area (Å²) in [4.78, 5) is 27.6. The molecule has 0 fully saturated rings. The standard InChI is InChI=1S/C12H12IN3O2S/c13-9-4-2-1-3-8(9)11(18)15-7-10(17)16-12-14-5-6-19-12/h1-4H,5-7H2,(H,15,18)(H,14,16,17). The second-order valence-corrected chi connectivity index (χ2v) is 5.99. The third-order valence-electron chi connectivity index (χ3n) is 2.36. The number of hydrogen-bond acceptors (Lipinski definition) is 4. The van der Waals surface area contributed by atoms with Crippen molar-refractivity contribution in [2.75, 3.05) is 18.8 Å². The fourth-order valence-corrected chi connectivity index (χ4v) is 2.85. The van der Waals surface area contributed by atoms with Gasteiger partial charge in [0.25, 0.3) is 5.91 Å². The van der Waals surface area contributed by atoms with Crippen LogP contribution in [0.4, 0.5) is 0 Å². The average Bonchev–Trinajstić information content (AvgIpc) is 2.89. The van der Waals surface area contributed by atoms with Crippen LogP contribution in [0.25, 0.3) is 0 Å². The van der Waals surface area contributed by atoms with E-state index in [2.05, 4.69) is 38.2 Å². The Morgan fingerprint density at radius 2 is 2.16 bits per heavy atom. The number of benzene rings is 1. The first kappa shape index (κ1) is 14.3. The van der Waals surface area contributed by atoms with Gasteiger partial charge >= 0.3 is 0 Å². The number of rotatable bonds is 3. The van der Waals surface area contributed by atoms with E-state index in [4.69, 9.17) is 0 Å². The summed E-state index contributed by atoms with van der Waals surface area (Å²) in [6, 6.07) is 7.23. The maximum Gasteiger partial charge on any atom is 0.252 e. The Morgan fingerprint density at radius 3 is 2.84 bits per heavy atom. The van der Waals surface area contributed by atoms with Crippen LogP contribution in [0.3, 0.4) is 0 Å². The number of carbonyl (C=O) groups is 2. The number of nitrogens with one attached hydrogen (secondary N) is 2. The maximum absolute atomic E-state index is 11.9. The number of hydrogen-bond donors (Lipinski definition) is 2. The molecule has 7 heteroatoms. The fraction of sp³-hybridized carbons (Fsp3) is 0.250. The van der Waals surface area contributed by atoms with Gasteiger partial charge in [0.15, 0.2) is 5.17 Å². The molecule has 1 aliphatic heterocycles. The predicted molar refractivity (Wildman–Crippen MR) is 84.4 cm³/mol. The van der Waals surface area contributed by atoms with Crippen molar-refractivity contribution in [2.45, 2.75) is 0 Å². The summed E-state index contributed by atoms with van der Waals surface area (Å²) >= 11 is 3.60. The number of nitrogens with zero attached hydrogens (tertiary/aromatic N) is 1. The van der Waals surface area contributed by atoms with Crippen molar-refractivity contribution < 1.29 is 9.59 Å². The largest absolute Gasteiger partial charge is 0.343 e. The monoisotopic (exact) mass is 389 g/mol. The van der Waals surface area contributed by atoms with Gasteiger partial charge in [0.05, 0.1) is 18.7 Å². The number of amidine groups is 1. The molecule has 2 N–H and O–H groups in total. The Morgan fingerprint density at radius 1 is 1.37 bits per heavy atom. The highest BCUT2D eigenvalue weighted by molar-refractivity contribution is 14.1. The van der Waals surface area contributed by atoms with E-state index in [1.54, 1.807) is 12.1 Å². The molecule has 5 nitrogen and oxygen atoms in total. The number of thioether (sulfide) groups is 1. The molecular weight excluding hydrogens is 377 g/mol. The first-order valence-electron chi connectivity index (χ1n) is 5.66. The van der Waals surface area contributed by atoms with Gasteiger partial charge in [-0.05, 0) is 34.7 Å². The van der Waals surface area contributed by atoms with E-state index >= 15 is 0 Å². The summed E-state index contributed by atoms with van der Waals surface area (Å²) in [7, 11) is 0. The third-order valence-corrected chi connectivity index (χ3v) is 4.19. The van der Waals surface area contributed by atoms with Gasteiger partial charge < -0.3 is 10.6 Å². The van der Waals surface area contributed by atoms with Crippen LogP contribution in [0.1, 0.15) is 10.4 Å². The van der Waals surface area contributed by atoms with Crippen LogP contribution in [0.5, 0.6) is 0 Å². The molecular formula is C12H12IN3O2S. The Kier molecular flexibility index (Phi) is 5.20. The molecule has 0 aliphatic carbocycles. The van der Waals surface area contributed by atoms with Crippen molar-refractivity contribution >= 4 is 51.3 Å². The summed E-state index contributed by atoms with van der Waals surface area (Å²) in [5, 5.41) is 5.88. The molecule has 2 amide bonds. The minimum absolute atomic E-state index is 0.0522. The number of halogens is 1. The number of carbonyl (C=O) groups excluding carboxylic acids is 2. The second kappa shape index (κ2) is 6.90. The molecule has 2 rings (SSSR count). The molecule has 0 saturated carbocycles. The highest BCUT2D eigenvalue weighted by Gasteiger charge is 2.13. The van der Waals surface area contributed by atoms with Crippen molar-refractivity contribution in [3.63, 3.8) is 0 Å². The van der Waals surface area contributed by atoms with Crippen molar-refractivity contribution in [3.8, 4) is 0 Å². The van der Waals surface area contributed by atoms with Crippen LogP contribution >= 0.6 is 34.4 Å². The van der Waals surface area contributed by atoms with E-state index in [1.165, 1.54) is 11.8 Å². The SMILES string of the molecule is O=C(CNC(=O)c1ccccc1I)NC1=NCCS1. The predicted octanol–water partition coefficient (Wildman–Crippen LogP) is 1.24. The molecule has 1 aromatic rings. The van der Waals surface area contributed by atoms with Crippen LogP contribution in [-0.4, -0.2) is 35.8 Å². The van der Waals surface area contributed by atoms with Crippen LogP contribution in [-0.2, 0) is 4.79 Å². The normalized spacial score (nSPS) is 13.8. The summed E-state index contributed by atoms with van der Waals surface area (Å²) in [5.74, 6) is 0.387. The average molecular weight is 389 g/mol. The zero-order valence-electron chi connectivity index (χ0n) is 9.98. The molecule has 0 aromatic heterocycles. The van der Waals surface area contributed by atoms with E-state index in [0.29, 0.717) is 10.7 Å². The molecule has 1 heterocycles. The topological polar surface area (TPSA) is 70.6 Å². The molecule has 1 aromatic carbocycles. The highest BCUT2D eigenvalue weighted by Crippen LogP contribution is 2.11. The first-order valence-corrected chi connectivity index (χ1v) is 7.73. The van der Waals surface area contributed by atoms with Crippen molar-refractivity contribution in [1.29, 1.82) is 0 Å². The summed E-state index contributed by atoms with van der Waals surface area (Å²) in [6.07, 6.45) is 0. The van der Waals surface area contributed by atoms with Gasteiger partial charge in [-0.25, -0.2) is 0 Å². The minimum Gasteiger partial charge on any atom is -0.343 e. The minimum atomic E-state index is -0.257. The van der Waals surface area contributed by atoms with Gasteiger partial charge in [0.2, 0.25) is 5.91 Å². The van der Waals surface area contributed by atoms with Crippen LogP contribution in [0.2, 0.25) is 0 Å².